The van der Waals surface area contributed by atoms with Crippen molar-refractivity contribution in [1.29, 1.82) is 0 Å². The molecule has 0 aliphatic carbocycles. The number of thioether (sulfide) groups is 1. The summed E-state index contributed by atoms with van der Waals surface area (Å²) in [6.07, 6.45) is 2.70. The van der Waals surface area contributed by atoms with Crippen LogP contribution in [0.1, 0.15) is 12.8 Å². The van der Waals surface area contributed by atoms with E-state index in [9.17, 15) is 0 Å². The van der Waals surface area contributed by atoms with Crippen LogP contribution in [0.15, 0.2) is 46.8 Å². The fraction of sp³-hybridized carbons (Fsp3) is 0.333. The zero-order valence-corrected chi connectivity index (χ0v) is 14.6. The number of nitrogens with zero attached hydrogens (tertiary/aromatic N) is 3. The fourth-order valence-electron chi connectivity index (χ4n) is 2.95. The molecule has 3 nitrogen and oxygen atoms in total. The van der Waals surface area contributed by atoms with Gasteiger partial charge in [-0.25, -0.2) is 9.97 Å². The zero-order valence-electron chi connectivity index (χ0n) is 12.9. The van der Waals surface area contributed by atoms with Crippen LogP contribution in [0, 0.1) is 0 Å². The predicted molar refractivity (Wildman–Crippen MR) is 99.2 cm³/mol. The van der Waals surface area contributed by atoms with Gasteiger partial charge in [0.1, 0.15) is 5.03 Å². The van der Waals surface area contributed by atoms with Gasteiger partial charge in [-0.05, 0) is 43.4 Å². The first-order valence-corrected chi connectivity index (χ1v) is 9.92. The summed E-state index contributed by atoms with van der Waals surface area (Å²) < 4.78 is 0. The maximum Gasteiger partial charge on any atom is 0.171 e. The first-order valence-electron chi connectivity index (χ1n) is 8.06. The summed E-state index contributed by atoms with van der Waals surface area (Å²) in [4.78, 5) is 13.3. The Kier molecular flexibility index (Phi) is 4.60. The van der Waals surface area contributed by atoms with Crippen LogP contribution in [0.25, 0.3) is 21.6 Å². The van der Waals surface area contributed by atoms with Gasteiger partial charge in [0.2, 0.25) is 0 Å². The van der Waals surface area contributed by atoms with Crippen molar-refractivity contribution in [1.82, 2.24) is 14.9 Å². The summed E-state index contributed by atoms with van der Waals surface area (Å²) in [6.45, 7) is 3.66. The minimum absolute atomic E-state index is 0.849. The fourth-order valence-corrected chi connectivity index (χ4v) is 4.63. The van der Waals surface area contributed by atoms with Gasteiger partial charge >= 0.3 is 0 Å². The number of likely N-dealkylation sites (tertiary alicyclic amines) is 1. The molecule has 0 atom stereocenters. The summed E-state index contributed by atoms with van der Waals surface area (Å²) in [6, 6.07) is 12.5. The van der Waals surface area contributed by atoms with Gasteiger partial charge < -0.3 is 4.90 Å². The number of aromatic nitrogens is 2. The molecule has 3 aromatic rings. The molecule has 0 radical (unpaired) electrons. The smallest absolute Gasteiger partial charge is 0.171 e. The Balaban J connectivity index is 1.60. The van der Waals surface area contributed by atoms with Crippen LogP contribution in [0.5, 0.6) is 0 Å². The number of fused-ring (bicyclic) bond motifs is 1. The van der Waals surface area contributed by atoms with Crippen LogP contribution in [-0.2, 0) is 0 Å². The summed E-state index contributed by atoms with van der Waals surface area (Å²) in [5.74, 6) is 1.94. The third-order valence-electron chi connectivity index (χ3n) is 4.15. The molecule has 118 valence electrons. The summed E-state index contributed by atoms with van der Waals surface area (Å²) in [7, 11) is 0. The first kappa shape index (κ1) is 15.1. The van der Waals surface area contributed by atoms with E-state index in [2.05, 4.69) is 40.6 Å². The lowest BCUT2D eigenvalue weighted by Gasteiger charge is -2.14. The quantitative estimate of drug-likeness (QED) is 0.503. The highest BCUT2D eigenvalue weighted by atomic mass is 32.2. The van der Waals surface area contributed by atoms with E-state index in [1.54, 1.807) is 11.3 Å². The Morgan fingerprint density at radius 3 is 2.74 bits per heavy atom. The first-order chi connectivity index (χ1) is 11.4. The minimum atomic E-state index is 0.849. The van der Waals surface area contributed by atoms with E-state index in [0.29, 0.717) is 0 Å². The molecule has 1 saturated heterocycles. The Labute approximate surface area is 144 Å². The Bertz CT molecular complexity index is 780. The lowest BCUT2D eigenvalue weighted by Crippen LogP contribution is -2.21. The summed E-state index contributed by atoms with van der Waals surface area (Å²) in [5, 5.41) is 4.35. The maximum absolute atomic E-state index is 4.85. The number of benzene rings is 1. The highest BCUT2D eigenvalue weighted by Crippen LogP contribution is 2.30. The van der Waals surface area contributed by atoms with Crippen molar-refractivity contribution in [3.63, 3.8) is 0 Å². The Morgan fingerprint density at radius 1 is 1.04 bits per heavy atom. The molecule has 2 aromatic heterocycles. The number of hydrogen-bond acceptors (Lipinski definition) is 5. The highest BCUT2D eigenvalue weighted by molar-refractivity contribution is 7.99. The third-order valence-corrected chi connectivity index (χ3v) is 5.99. The van der Waals surface area contributed by atoms with Gasteiger partial charge in [0.05, 0.1) is 10.4 Å². The normalized spacial score (nSPS) is 15.5. The van der Waals surface area contributed by atoms with Crippen molar-refractivity contribution < 1.29 is 0 Å². The average Bonchev–Trinajstić information content (AvgIpc) is 3.28. The van der Waals surface area contributed by atoms with E-state index < -0.39 is 0 Å². The van der Waals surface area contributed by atoms with E-state index >= 15 is 0 Å². The number of para-hydroxylation sites is 1. The second-order valence-electron chi connectivity index (χ2n) is 5.74. The minimum Gasteiger partial charge on any atom is -0.303 e. The predicted octanol–water partition coefficient (Wildman–Crippen LogP) is 4.55. The van der Waals surface area contributed by atoms with Crippen LogP contribution >= 0.6 is 23.1 Å². The second-order valence-corrected chi connectivity index (χ2v) is 7.78. The molecular weight excluding hydrogens is 322 g/mol. The monoisotopic (exact) mass is 341 g/mol. The van der Waals surface area contributed by atoms with Crippen molar-refractivity contribution in [3.05, 3.63) is 41.8 Å². The van der Waals surface area contributed by atoms with Gasteiger partial charge in [-0.3, -0.25) is 0 Å². The van der Waals surface area contributed by atoms with E-state index in [-0.39, 0.29) is 0 Å². The molecule has 1 aromatic carbocycles. The number of rotatable bonds is 5. The zero-order chi connectivity index (χ0) is 15.5. The van der Waals surface area contributed by atoms with Gasteiger partial charge in [0.25, 0.3) is 0 Å². The van der Waals surface area contributed by atoms with Crippen LogP contribution in [0.3, 0.4) is 0 Å². The molecule has 0 spiro atoms. The van der Waals surface area contributed by atoms with Crippen molar-refractivity contribution in [2.24, 2.45) is 0 Å². The van der Waals surface area contributed by atoms with Crippen LogP contribution in [0.4, 0.5) is 0 Å². The third kappa shape index (κ3) is 3.42. The van der Waals surface area contributed by atoms with E-state index in [4.69, 9.17) is 9.97 Å². The molecule has 5 heteroatoms. The molecule has 1 aliphatic rings. The van der Waals surface area contributed by atoms with Crippen molar-refractivity contribution in [2.75, 3.05) is 25.4 Å². The maximum atomic E-state index is 4.85. The molecule has 1 fully saturated rings. The van der Waals surface area contributed by atoms with Gasteiger partial charge in [0, 0.05) is 17.7 Å². The highest BCUT2D eigenvalue weighted by Gasteiger charge is 2.13. The molecule has 0 unspecified atom stereocenters. The van der Waals surface area contributed by atoms with E-state index in [1.165, 1.54) is 31.3 Å². The SMILES string of the molecule is c1csc(-c2nc(SCCN3CCCC3)c3ccccc3n2)c1. The molecule has 23 heavy (non-hydrogen) atoms. The number of thiophene rings is 1. The Morgan fingerprint density at radius 2 is 1.91 bits per heavy atom. The number of hydrogen-bond donors (Lipinski definition) is 0. The van der Waals surface area contributed by atoms with Gasteiger partial charge in [-0.15, -0.1) is 23.1 Å². The topological polar surface area (TPSA) is 29.0 Å². The van der Waals surface area contributed by atoms with Crippen LogP contribution < -0.4 is 0 Å². The average molecular weight is 342 g/mol. The van der Waals surface area contributed by atoms with Gasteiger partial charge in [-0.1, -0.05) is 24.3 Å². The van der Waals surface area contributed by atoms with Gasteiger partial charge in [-0.2, -0.15) is 0 Å². The second kappa shape index (κ2) is 6.99. The summed E-state index contributed by atoms with van der Waals surface area (Å²) >= 11 is 3.56. The molecule has 1 aliphatic heterocycles. The van der Waals surface area contributed by atoms with Crippen molar-refractivity contribution in [2.45, 2.75) is 17.9 Å². The molecule has 0 saturated carbocycles. The largest absolute Gasteiger partial charge is 0.303 e. The van der Waals surface area contributed by atoms with Crippen LogP contribution in [0.2, 0.25) is 0 Å². The van der Waals surface area contributed by atoms with Crippen molar-refractivity contribution in [3.8, 4) is 10.7 Å². The van der Waals surface area contributed by atoms with Gasteiger partial charge in [0.15, 0.2) is 5.82 Å². The van der Waals surface area contributed by atoms with Crippen molar-refractivity contribution >= 4 is 34.0 Å². The lowest BCUT2D eigenvalue weighted by atomic mass is 10.2. The molecule has 0 bridgehead atoms. The van der Waals surface area contributed by atoms with Crippen LogP contribution in [-0.4, -0.2) is 40.3 Å². The molecule has 0 N–H and O–H groups in total. The van der Waals surface area contributed by atoms with E-state index in [0.717, 1.165) is 33.5 Å². The molecule has 3 heterocycles. The summed E-state index contributed by atoms with van der Waals surface area (Å²) in [5.41, 5.74) is 1.04. The molecule has 0 amide bonds. The van der Waals surface area contributed by atoms with E-state index in [1.807, 2.05) is 17.8 Å². The molecule has 4 rings (SSSR count). The Hall–Kier alpha value is -1.43. The molecular formula is C18H19N3S2. The lowest BCUT2D eigenvalue weighted by molar-refractivity contribution is 0.362. The standard InChI is InChI=1S/C18H19N3S2/c1-2-7-15-14(6-1)18(23-13-11-21-9-3-4-10-21)20-17(19-15)16-8-5-12-22-16/h1-2,5-8,12H,3-4,9-11,13H2.